The average Bonchev–Trinajstić information content (AvgIpc) is 3.16. The fraction of sp³-hybridized carbons (Fsp3) is 0.814. The molecule has 0 aromatic rings. The molecule has 3 unspecified atom stereocenters. The number of allylic oxidation sites excluding steroid dienone is 6. The van der Waals surface area contributed by atoms with Crippen LogP contribution in [0.15, 0.2) is 36.5 Å². The van der Waals surface area contributed by atoms with Gasteiger partial charge in [-0.25, -0.2) is 4.57 Å². The van der Waals surface area contributed by atoms with Crippen LogP contribution in [0.5, 0.6) is 0 Å². The summed E-state index contributed by atoms with van der Waals surface area (Å²) in [5, 5.41) is 19.1. The molecule has 0 aromatic heterocycles. The summed E-state index contributed by atoms with van der Waals surface area (Å²) >= 11 is 0. The monoisotopic (exact) mass is 787 g/mol. The van der Waals surface area contributed by atoms with Gasteiger partial charge in [0.1, 0.15) is 12.2 Å². The number of rotatable bonds is 40. The number of aliphatic hydroxyl groups is 2. The van der Waals surface area contributed by atoms with Crippen molar-refractivity contribution in [2.24, 2.45) is 0 Å². The first kappa shape index (κ1) is 52.2. The fourth-order valence-corrected chi connectivity index (χ4v) is 6.51. The Morgan fingerprint density at radius 2 is 0.815 bits per heavy atom. The van der Waals surface area contributed by atoms with Gasteiger partial charge in [0.2, 0.25) is 0 Å². The number of phosphoric acid groups is 1. The summed E-state index contributed by atoms with van der Waals surface area (Å²) in [4.78, 5) is 34.5. The predicted molar refractivity (Wildman–Crippen MR) is 219 cm³/mol. The lowest BCUT2D eigenvalue weighted by atomic mass is 10.1. The normalized spacial score (nSPS) is 14.2. The lowest BCUT2D eigenvalue weighted by Crippen LogP contribution is -2.28. The standard InChI is InChI=1S/C43H79O10P/c1-3-5-7-9-11-13-15-17-19-20-21-23-25-27-29-31-33-35-43(47)53-41(37-45)39-51-54(48,49)50-38-40(36-44)52-42(46)34-32-30-28-26-24-22-18-16-14-12-10-8-6-4-2/h11,13,16-19,40-41,44-45H,3-10,12,14-15,20-39H2,1-2H3,(H,48,49)/b13-11-,18-16-,19-17-. The van der Waals surface area contributed by atoms with Crippen molar-refractivity contribution >= 4 is 19.8 Å². The Labute approximate surface area is 329 Å². The molecule has 0 bridgehead atoms. The number of hydrogen-bond acceptors (Lipinski definition) is 9. The zero-order chi connectivity index (χ0) is 39.8. The molecule has 0 fully saturated rings. The van der Waals surface area contributed by atoms with Crippen molar-refractivity contribution in [3.05, 3.63) is 36.5 Å². The van der Waals surface area contributed by atoms with E-state index in [9.17, 15) is 29.3 Å². The van der Waals surface area contributed by atoms with E-state index in [-0.39, 0.29) is 12.8 Å². The lowest BCUT2D eigenvalue weighted by Gasteiger charge is -2.20. The Balaban J connectivity index is 3.95. The van der Waals surface area contributed by atoms with Crippen molar-refractivity contribution in [1.82, 2.24) is 0 Å². The Hall–Kier alpha value is -1.81. The first-order valence-corrected chi connectivity index (χ1v) is 22.9. The van der Waals surface area contributed by atoms with E-state index in [0.717, 1.165) is 70.6 Å². The molecule has 0 heterocycles. The third-order valence-electron chi connectivity index (χ3n) is 9.07. The number of hydrogen-bond donors (Lipinski definition) is 3. The van der Waals surface area contributed by atoms with Gasteiger partial charge < -0.3 is 24.6 Å². The molecule has 0 saturated heterocycles. The maximum atomic E-state index is 12.3. The third-order valence-corrected chi connectivity index (χ3v) is 10.0. The molecule has 0 saturated carbocycles. The van der Waals surface area contributed by atoms with Gasteiger partial charge in [-0.3, -0.25) is 18.6 Å². The largest absolute Gasteiger partial charge is 0.472 e. The highest BCUT2D eigenvalue weighted by molar-refractivity contribution is 7.47. The first-order valence-electron chi connectivity index (χ1n) is 21.4. The topological polar surface area (TPSA) is 149 Å². The molecule has 0 aromatic carbocycles. The molecule has 0 amide bonds. The van der Waals surface area contributed by atoms with Crippen LogP contribution in [0.4, 0.5) is 0 Å². The number of esters is 2. The Kier molecular flexibility index (Phi) is 38.1. The van der Waals surface area contributed by atoms with Crippen LogP contribution in [-0.4, -0.2) is 65.7 Å². The molecule has 0 spiro atoms. The highest BCUT2D eigenvalue weighted by Gasteiger charge is 2.27. The molecule has 0 radical (unpaired) electrons. The molecule has 0 aliphatic rings. The lowest BCUT2D eigenvalue weighted by molar-refractivity contribution is -0.153. The maximum Gasteiger partial charge on any atom is 0.472 e. The fourth-order valence-electron chi connectivity index (χ4n) is 5.73. The minimum atomic E-state index is -4.64. The van der Waals surface area contributed by atoms with Crippen LogP contribution in [-0.2, 0) is 32.7 Å². The third kappa shape index (κ3) is 37.1. The summed E-state index contributed by atoms with van der Waals surface area (Å²) in [7, 11) is -4.64. The van der Waals surface area contributed by atoms with Crippen molar-refractivity contribution in [2.45, 2.75) is 199 Å². The molecule has 10 nitrogen and oxygen atoms in total. The second-order valence-corrected chi connectivity index (χ2v) is 15.8. The maximum absolute atomic E-state index is 12.3. The van der Waals surface area contributed by atoms with Gasteiger partial charge in [0.05, 0.1) is 26.4 Å². The van der Waals surface area contributed by atoms with Crippen LogP contribution >= 0.6 is 7.82 Å². The molecule has 3 atom stereocenters. The van der Waals surface area contributed by atoms with Gasteiger partial charge in [-0.2, -0.15) is 0 Å². The van der Waals surface area contributed by atoms with E-state index in [0.29, 0.717) is 12.8 Å². The highest BCUT2D eigenvalue weighted by Crippen LogP contribution is 2.43. The van der Waals surface area contributed by atoms with E-state index < -0.39 is 58.4 Å². The van der Waals surface area contributed by atoms with Crippen molar-refractivity contribution < 1.29 is 47.8 Å². The summed E-state index contributed by atoms with van der Waals surface area (Å²) in [5.74, 6) is -1.03. The zero-order valence-electron chi connectivity index (χ0n) is 34.2. The molecule has 0 aliphatic heterocycles. The second kappa shape index (κ2) is 39.4. The van der Waals surface area contributed by atoms with E-state index in [4.69, 9.17) is 18.5 Å². The number of carbonyl (C=O) groups excluding carboxylic acids is 2. The summed E-state index contributed by atoms with van der Waals surface area (Å²) in [5.41, 5.74) is 0. The zero-order valence-corrected chi connectivity index (χ0v) is 35.1. The van der Waals surface area contributed by atoms with Gasteiger partial charge in [0.15, 0.2) is 0 Å². The molecular weight excluding hydrogens is 707 g/mol. The van der Waals surface area contributed by atoms with Gasteiger partial charge in [0.25, 0.3) is 0 Å². The van der Waals surface area contributed by atoms with Gasteiger partial charge in [0, 0.05) is 12.8 Å². The summed E-state index contributed by atoms with van der Waals surface area (Å²) in [6.07, 6.45) is 39.7. The minimum Gasteiger partial charge on any atom is -0.457 e. The van der Waals surface area contributed by atoms with Crippen molar-refractivity contribution in [2.75, 3.05) is 26.4 Å². The smallest absolute Gasteiger partial charge is 0.457 e. The van der Waals surface area contributed by atoms with Crippen LogP contribution in [0, 0.1) is 0 Å². The predicted octanol–water partition coefficient (Wildman–Crippen LogP) is 11.2. The molecule has 316 valence electrons. The molecule has 3 N–H and O–H groups in total. The Bertz CT molecular complexity index is 999. The second-order valence-electron chi connectivity index (χ2n) is 14.3. The van der Waals surface area contributed by atoms with Crippen LogP contribution in [0.1, 0.15) is 187 Å². The number of carbonyl (C=O) groups is 2. The van der Waals surface area contributed by atoms with Crippen molar-refractivity contribution in [3.8, 4) is 0 Å². The van der Waals surface area contributed by atoms with Crippen molar-refractivity contribution in [3.63, 3.8) is 0 Å². The van der Waals surface area contributed by atoms with Crippen LogP contribution in [0.2, 0.25) is 0 Å². The van der Waals surface area contributed by atoms with Crippen molar-refractivity contribution in [1.29, 1.82) is 0 Å². The van der Waals surface area contributed by atoms with E-state index in [1.54, 1.807) is 0 Å². The highest BCUT2D eigenvalue weighted by atomic mass is 31.2. The van der Waals surface area contributed by atoms with Crippen LogP contribution in [0.3, 0.4) is 0 Å². The molecular formula is C43H79O10P. The number of phosphoric ester groups is 1. The molecule has 54 heavy (non-hydrogen) atoms. The number of unbranched alkanes of at least 4 members (excludes halogenated alkanes) is 20. The Morgan fingerprint density at radius 3 is 1.20 bits per heavy atom. The van der Waals surface area contributed by atoms with E-state index in [1.807, 2.05) is 0 Å². The van der Waals surface area contributed by atoms with Crippen LogP contribution in [0.25, 0.3) is 0 Å². The summed E-state index contributed by atoms with van der Waals surface area (Å²) in [6.45, 7) is 2.15. The van der Waals surface area contributed by atoms with Gasteiger partial charge in [-0.1, -0.05) is 140 Å². The van der Waals surface area contributed by atoms with E-state index >= 15 is 0 Å². The number of aliphatic hydroxyl groups excluding tert-OH is 2. The SMILES string of the molecule is CCCCC/C=C\C/C=C\CCCCCCCCCC(=O)OC(CO)COP(=O)(O)OCC(CO)OC(=O)CCCCCCC/C=C\CCCCCCC. The molecule has 11 heteroatoms. The quantitative estimate of drug-likeness (QED) is 0.0237. The van der Waals surface area contributed by atoms with Gasteiger partial charge in [-0.15, -0.1) is 0 Å². The number of ether oxygens (including phenoxy) is 2. The van der Waals surface area contributed by atoms with Gasteiger partial charge >= 0.3 is 19.8 Å². The van der Waals surface area contributed by atoms with Crippen LogP contribution < -0.4 is 0 Å². The Morgan fingerprint density at radius 1 is 0.500 bits per heavy atom. The summed E-state index contributed by atoms with van der Waals surface area (Å²) in [6, 6.07) is 0. The average molecular weight is 787 g/mol. The first-order chi connectivity index (χ1) is 26.3. The van der Waals surface area contributed by atoms with Gasteiger partial charge in [-0.05, 0) is 70.6 Å². The minimum absolute atomic E-state index is 0.182. The van der Waals surface area contributed by atoms with E-state index in [2.05, 4.69) is 50.3 Å². The molecule has 0 rings (SSSR count). The molecule has 0 aliphatic carbocycles. The van der Waals surface area contributed by atoms with E-state index in [1.165, 1.54) is 77.0 Å². The summed E-state index contributed by atoms with van der Waals surface area (Å²) < 4.78 is 32.5.